The van der Waals surface area contributed by atoms with Crippen molar-refractivity contribution < 1.29 is 9.21 Å². The van der Waals surface area contributed by atoms with Crippen molar-refractivity contribution in [3.63, 3.8) is 0 Å². The molecule has 0 aliphatic heterocycles. The predicted molar refractivity (Wildman–Crippen MR) is 69.9 cm³/mol. The second kappa shape index (κ2) is 4.24. The van der Waals surface area contributed by atoms with E-state index in [-0.39, 0.29) is 5.91 Å². The highest BCUT2D eigenvalue weighted by atomic mass is 16.3. The zero-order valence-electron chi connectivity index (χ0n) is 10.5. The van der Waals surface area contributed by atoms with Gasteiger partial charge in [-0.1, -0.05) is 0 Å². The molecule has 2 heterocycles. The Balaban J connectivity index is 1.86. The Labute approximate surface area is 109 Å². The summed E-state index contributed by atoms with van der Waals surface area (Å²) >= 11 is 0. The number of hydrogen-bond acceptors (Lipinski definition) is 4. The number of fused-ring (bicyclic) bond motifs is 1. The van der Waals surface area contributed by atoms with E-state index < -0.39 is 0 Å². The molecule has 3 rings (SSSR count). The summed E-state index contributed by atoms with van der Waals surface area (Å²) in [5, 5.41) is 6.76. The van der Waals surface area contributed by atoms with E-state index in [2.05, 4.69) is 15.4 Å². The molecule has 0 saturated heterocycles. The van der Waals surface area contributed by atoms with Crippen molar-refractivity contribution in [3.8, 4) is 0 Å². The van der Waals surface area contributed by atoms with Gasteiger partial charge in [0.25, 0.3) is 5.91 Å². The number of nitrogens with zero attached hydrogens (tertiary/aromatic N) is 3. The molecule has 0 spiro atoms. The van der Waals surface area contributed by atoms with Crippen molar-refractivity contribution in [2.75, 3.05) is 5.32 Å². The van der Waals surface area contributed by atoms with Crippen LogP contribution >= 0.6 is 0 Å². The predicted octanol–water partition coefficient (Wildman–Crippen LogP) is 2.12. The first kappa shape index (κ1) is 11.5. The standard InChI is InChI=1S/C13H12N4O2/c1-8-15-11-5-10(3-4-12(11)19-8)16-13(18)9-6-14-17(2)7-9/h3-7H,1-2H3,(H,16,18). The minimum atomic E-state index is -0.201. The average molecular weight is 256 g/mol. The van der Waals surface area contributed by atoms with Crippen LogP contribution in [0, 0.1) is 6.92 Å². The number of oxazole rings is 1. The van der Waals surface area contributed by atoms with Gasteiger partial charge in [-0.3, -0.25) is 9.48 Å². The van der Waals surface area contributed by atoms with Crippen molar-refractivity contribution in [3.05, 3.63) is 42.0 Å². The summed E-state index contributed by atoms with van der Waals surface area (Å²) in [7, 11) is 1.76. The molecule has 3 aromatic rings. The molecule has 2 aromatic heterocycles. The fourth-order valence-electron chi connectivity index (χ4n) is 1.86. The molecule has 0 aliphatic rings. The summed E-state index contributed by atoms with van der Waals surface area (Å²) < 4.78 is 6.96. The van der Waals surface area contributed by atoms with Gasteiger partial charge in [0.2, 0.25) is 0 Å². The number of carbonyl (C=O) groups excluding carboxylic acids is 1. The van der Waals surface area contributed by atoms with Crippen LogP contribution in [0.5, 0.6) is 0 Å². The molecule has 6 heteroatoms. The summed E-state index contributed by atoms with van der Waals surface area (Å²) in [5.41, 5.74) is 2.62. The van der Waals surface area contributed by atoms with Crippen LogP contribution in [0.4, 0.5) is 5.69 Å². The van der Waals surface area contributed by atoms with E-state index in [0.717, 1.165) is 5.52 Å². The zero-order valence-corrected chi connectivity index (χ0v) is 10.5. The van der Waals surface area contributed by atoms with Crippen LogP contribution in [0.1, 0.15) is 16.2 Å². The number of nitrogens with one attached hydrogen (secondary N) is 1. The minimum absolute atomic E-state index is 0.201. The smallest absolute Gasteiger partial charge is 0.258 e. The van der Waals surface area contributed by atoms with Crippen LogP contribution in [0.15, 0.2) is 35.0 Å². The van der Waals surface area contributed by atoms with Gasteiger partial charge in [-0.2, -0.15) is 5.10 Å². The summed E-state index contributed by atoms with van der Waals surface area (Å²) in [6.07, 6.45) is 3.18. The van der Waals surface area contributed by atoms with E-state index in [9.17, 15) is 4.79 Å². The summed E-state index contributed by atoms with van der Waals surface area (Å²) in [5.74, 6) is 0.401. The molecule has 0 unspecified atom stereocenters. The van der Waals surface area contributed by atoms with E-state index in [4.69, 9.17) is 4.42 Å². The number of rotatable bonds is 2. The molecule has 0 bridgehead atoms. The van der Waals surface area contributed by atoms with Crippen LogP contribution in [-0.4, -0.2) is 20.7 Å². The van der Waals surface area contributed by atoms with E-state index >= 15 is 0 Å². The zero-order chi connectivity index (χ0) is 13.4. The quantitative estimate of drug-likeness (QED) is 0.762. The Morgan fingerprint density at radius 2 is 2.26 bits per heavy atom. The molecular weight excluding hydrogens is 244 g/mol. The molecule has 0 aliphatic carbocycles. The number of aromatic nitrogens is 3. The Morgan fingerprint density at radius 1 is 1.42 bits per heavy atom. The second-order valence-corrected chi connectivity index (χ2v) is 4.27. The van der Waals surface area contributed by atoms with E-state index in [0.29, 0.717) is 22.7 Å². The largest absolute Gasteiger partial charge is 0.441 e. The lowest BCUT2D eigenvalue weighted by Crippen LogP contribution is -2.10. The first-order chi connectivity index (χ1) is 9.11. The molecular formula is C13H12N4O2. The van der Waals surface area contributed by atoms with Gasteiger partial charge in [-0.15, -0.1) is 0 Å². The highest BCUT2D eigenvalue weighted by Gasteiger charge is 2.09. The maximum atomic E-state index is 12.0. The molecule has 1 N–H and O–H groups in total. The van der Waals surface area contributed by atoms with Gasteiger partial charge in [0, 0.05) is 25.9 Å². The molecule has 6 nitrogen and oxygen atoms in total. The molecule has 0 atom stereocenters. The highest BCUT2D eigenvalue weighted by Crippen LogP contribution is 2.20. The van der Waals surface area contributed by atoms with Crippen LogP contribution in [0.3, 0.4) is 0 Å². The maximum Gasteiger partial charge on any atom is 0.258 e. The average Bonchev–Trinajstić information content (AvgIpc) is 2.93. The number of amides is 1. The third-order valence-corrected chi connectivity index (χ3v) is 2.72. The van der Waals surface area contributed by atoms with Gasteiger partial charge in [0.05, 0.1) is 11.8 Å². The van der Waals surface area contributed by atoms with Crippen molar-refractivity contribution in [2.45, 2.75) is 6.92 Å². The Morgan fingerprint density at radius 3 is 3.00 bits per heavy atom. The fourth-order valence-corrected chi connectivity index (χ4v) is 1.86. The number of anilines is 1. The number of carbonyl (C=O) groups is 1. The molecule has 0 fully saturated rings. The molecule has 19 heavy (non-hydrogen) atoms. The second-order valence-electron chi connectivity index (χ2n) is 4.27. The Kier molecular flexibility index (Phi) is 2.56. The topological polar surface area (TPSA) is 73.0 Å². The summed E-state index contributed by atoms with van der Waals surface area (Å²) in [6.45, 7) is 1.79. The third-order valence-electron chi connectivity index (χ3n) is 2.72. The van der Waals surface area contributed by atoms with Crippen molar-refractivity contribution in [2.24, 2.45) is 7.05 Å². The van der Waals surface area contributed by atoms with Crippen LogP contribution in [0.25, 0.3) is 11.1 Å². The number of hydrogen-bond donors (Lipinski definition) is 1. The summed E-state index contributed by atoms with van der Waals surface area (Å²) in [6, 6.07) is 5.34. The molecule has 96 valence electrons. The number of benzene rings is 1. The lowest BCUT2D eigenvalue weighted by molar-refractivity contribution is 0.102. The normalized spacial score (nSPS) is 10.8. The Hall–Kier alpha value is -2.63. The van der Waals surface area contributed by atoms with Gasteiger partial charge in [-0.25, -0.2) is 4.98 Å². The first-order valence-corrected chi connectivity index (χ1v) is 5.79. The van der Waals surface area contributed by atoms with Gasteiger partial charge in [0.15, 0.2) is 11.5 Å². The SMILES string of the molecule is Cc1nc2cc(NC(=O)c3cnn(C)c3)ccc2o1. The summed E-state index contributed by atoms with van der Waals surface area (Å²) in [4.78, 5) is 16.2. The molecule has 0 radical (unpaired) electrons. The highest BCUT2D eigenvalue weighted by molar-refractivity contribution is 6.04. The van der Waals surface area contributed by atoms with E-state index in [1.54, 1.807) is 43.0 Å². The van der Waals surface area contributed by atoms with Crippen LogP contribution in [-0.2, 0) is 7.05 Å². The van der Waals surface area contributed by atoms with Gasteiger partial charge in [0.1, 0.15) is 5.52 Å². The van der Waals surface area contributed by atoms with Crippen LogP contribution < -0.4 is 5.32 Å². The lowest BCUT2D eigenvalue weighted by atomic mass is 10.2. The van der Waals surface area contributed by atoms with Gasteiger partial charge >= 0.3 is 0 Å². The van der Waals surface area contributed by atoms with E-state index in [1.807, 2.05) is 0 Å². The van der Waals surface area contributed by atoms with Gasteiger partial charge < -0.3 is 9.73 Å². The number of aryl methyl sites for hydroxylation is 2. The Bertz CT molecular complexity index is 757. The van der Waals surface area contributed by atoms with Crippen molar-refractivity contribution in [1.82, 2.24) is 14.8 Å². The molecule has 1 aromatic carbocycles. The third kappa shape index (κ3) is 2.20. The van der Waals surface area contributed by atoms with Crippen molar-refractivity contribution >= 4 is 22.7 Å². The maximum absolute atomic E-state index is 12.0. The van der Waals surface area contributed by atoms with E-state index in [1.165, 1.54) is 6.20 Å². The first-order valence-electron chi connectivity index (χ1n) is 5.79. The minimum Gasteiger partial charge on any atom is -0.441 e. The fraction of sp³-hybridized carbons (Fsp3) is 0.154. The van der Waals surface area contributed by atoms with Crippen molar-refractivity contribution in [1.29, 1.82) is 0 Å². The van der Waals surface area contributed by atoms with Gasteiger partial charge in [-0.05, 0) is 18.2 Å². The lowest BCUT2D eigenvalue weighted by Gasteiger charge is -2.02. The van der Waals surface area contributed by atoms with Crippen LogP contribution in [0.2, 0.25) is 0 Å². The monoisotopic (exact) mass is 256 g/mol. The molecule has 1 amide bonds. The molecule has 0 saturated carbocycles.